The average Bonchev–Trinajstić information content (AvgIpc) is 2.87. The Balaban J connectivity index is 2.48. The number of anilines is 1. The number of nitrogen functional groups attached to an aromatic ring is 1. The highest BCUT2D eigenvalue weighted by Crippen LogP contribution is 2.31. The van der Waals surface area contributed by atoms with Crippen molar-refractivity contribution in [3.63, 3.8) is 0 Å². The van der Waals surface area contributed by atoms with Gasteiger partial charge in [-0.2, -0.15) is 4.31 Å². The second-order valence-electron chi connectivity index (χ2n) is 5.62. The molecular weight excluding hydrogens is 272 g/mol. The van der Waals surface area contributed by atoms with Crippen LogP contribution in [0, 0.1) is 13.8 Å². The highest BCUT2D eigenvalue weighted by molar-refractivity contribution is 7.89. The number of hydrogen-bond acceptors (Lipinski definition) is 3. The Morgan fingerprint density at radius 2 is 1.85 bits per heavy atom. The summed E-state index contributed by atoms with van der Waals surface area (Å²) in [5, 5.41) is 0. The van der Waals surface area contributed by atoms with Crippen molar-refractivity contribution in [1.82, 2.24) is 4.31 Å². The summed E-state index contributed by atoms with van der Waals surface area (Å²) < 4.78 is 27.5. The summed E-state index contributed by atoms with van der Waals surface area (Å²) >= 11 is 0. The standard InChI is InChI=1S/C15H24N2O2S/c1-4-17(13-7-5-6-8-13)20(18,19)15-10-11(2)9-14(16)12(15)3/h9-10,13H,4-8,16H2,1-3H3. The van der Waals surface area contributed by atoms with Crippen LogP contribution < -0.4 is 5.73 Å². The van der Waals surface area contributed by atoms with Gasteiger partial charge in [-0.25, -0.2) is 8.42 Å². The Kier molecular flexibility index (Phi) is 4.39. The van der Waals surface area contributed by atoms with Crippen LogP contribution in [-0.4, -0.2) is 25.3 Å². The molecule has 20 heavy (non-hydrogen) atoms. The molecule has 0 aromatic heterocycles. The molecule has 0 saturated heterocycles. The van der Waals surface area contributed by atoms with Crippen LogP contribution in [0.25, 0.3) is 0 Å². The second-order valence-corrected chi connectivity index (χ2v) is 7.48. The van der Waals surface area contributed by atoms with E-state index >= 15 is 0 Å². The monoisotopic (exact) mass is 296 g/mol. The van der Waals surface area contributed by atoms with E-state index < -0.39 is 10.0 Å². The molecular formula is C15H24N2O2S. The second kappa shape index (κ2) is 5.74. The number of rotatable bonds is 4. The van der Waals surface area contributed by atoms with Crippen molar-refractivity contribution in [2.75, 3.05) is 12.3 Å². The third kappa shape index (κ3) is 2.69. The maximum absolute atomic E-state index is 12.9. The minimum Gasteiger partial charge on any atom is -0.398 e. The number of nitrogens with two attached hydrogens (primary N) is 1. The van der Waals surface area contributed by atoms with Gasteiger partial charge in [-0.15, -0.1) is 0 Å². The summed E-state index contributed by atoms with van der Waals surface area (Å²) in [6.45, 7) is 6.08. The topological polar surface area (TPSA) is 63.4 Å². The lowest BCUT2D eigenvalue weighted by molar-refractivity contribution is 0.335. The van der Waals surface area contributed by atoms with Gasteiger partial charge in [0.25, 0.3) is 0 Å². The summed E-state index contributed by atoms with van der Waals surface area (Å²) in [6, 6.07) is 3.70. The van der Waals surface area contributed by atoms with Crippen molar-refractivity contribution >= 4 is 15.7 Å². The first-order valence-corrected chi connectivity index (χ1v) is 8.70. The average molecular weight is 296 g/mol. The molecule has 0 atom stereocenters. The maximum atomic E-state index is 12.9. The smallest absolute Gasteiger partial charge is 0.243 e. The van der Waals surface area contributed by atoms with Crippen molar-refractivity contribution in [2.45, 2.75) is 57.4 Å². The summed E-state index contributed by atoms with van der Waals surface area (Å²) in [6.07, 6.45) is 4.16. The Morgan fingerprint density at radius 3 is 2.40 bits per heavy atom. The highest BCUT2D eigenvalue weighted by Gasteiger charge is 2.33. The summed E-state index contributed by atoms with van der Waals surface area (Å²) in [7, 11) is -3.46. The minimum atomic E-state index is -3.46. The molecule has 0 bridgehead atoms. The van der Waals surface area contributed by atoms with Crippen molar-refractivity contribution in [2.24, 2.45) is 0 Å². The predicted octanol–water partition coefficient (Wildman–Crippen LogP) is 2.84. The maximum Gasteiger partial charge on any atom is 0.243 e. The first kappa shape index (κ1) is 15.3. The van der Waals surface area contributed by atoms with Crippen LogP contribution in [0.4, 0.5) is 5.69 Å². The molecule has 0 spiro atoms. The fourth-order valence-electron chi connectivity index (χ4n) is 3.06. The van der Waals surface area contributed by atoms with E-state index in [4.69, 9.17) is 5.73 Å². The molecule has 1 aliphatic rings. The molecule has 1 aliphatic carbocycles. The molecule has 2 rings (SSSR count). The lowest BCUT2D eigenvalue weighted by atomic mass is 10.1. The van der Waals surface area contributed by atoms with Crippen molar-refractivity contribution in [3.05, 3.63) is 23.3 Å². The van der Waals surface area contributed by atoms with E-state index in [0.29, 0.717) is 22.7 Å². The molecule has 0 heterocycles. The first-order chi connectivity index (χ1) is 9.37. The number of sulfonamides is 1. The zero-order valence-corrected chi connectivity index (χ0v) is 13.3. The zero-order chi connectivity index (χ0) is 14.9. The van der Waals surface area contributed by atoms with Gasteiger partial charge in [-0.05, 0) is 49.9 Å². The van der Waals surface area contributed by atoms with Gasteiger partial charge in [0.2, 0.25) is 10.0 Å². The number of aryl methyl sites for hydroxylation is 1. The van der Waals surface area contributed by atoms with Crippen molar-refractivity contribution in [1.29, 1.82) is 0 Å². The SMILES string of the molecule is CCN(C1CCCC1)S(=O)(=O)c1cc(C)cc(N)c1C. The predicted molar refractivity (Wildman–Crippen MR) is 82.2 cm³/mol. The molecule has 2 N–H and O–H groups in total. The van der Waals surface area contributed by atoms with Gasteiger partial charge >= 0.3 is 0 Å². The van der Waals surface area contributed by atoms with Gasteiger partial charge in [0.1, 0.15) is 0 Å². The number of hydrogen-bond donors (Lipinski definition) is 1. The van der Waals surface area contributed by atoms with Gasteiger partial charge in [0.05, 0.1) is 4.90 Å². The summed E-state index contributed by atoms with van der Waals surface area (Å²) in [5.41, 5.74) is 8.02. The molecule has 4 nitrogen and oxygen atoms in total. The van der Waals surface area contributed by atoms with Gasteiger partial charge in [-0.1, -0.05) is 19.8 Å². The highest BCUT2D eigenvalue weighted by atomic mass is 32.2. The van der Waals surface area contributed by atoms with Gasteiger partial charge in [-0.3, -0.25) is 0 Å². The number of benzene rings is 1. The number of nitrogens with zero attached hydrogens (tertiary/aromatic N) is 1. The van der Waals surface area contributed by atoms with Crippen LogP contribution >= 0.6 is 0 Å². The molecule has 1 aromatic carbocycles. The molecule has 112 valence electrons. The van der Waals surface area contributed by atoms with Crippen LogP contribution in [0.15, 0.2) is 17.0 Å². The largest absolute Gasteiger partial charge is 0.398 e. The molecule has 0 aliphatic heterocycles. The first-order valence-electron chi connectivity index (χ1n) is 7.26. The quantitative estimate of drug-likeness (QED) is 0.869. The third-order valence-corrected chi connectivity index (χ3v) is 6.33. The van der Waals surface area contributed by atoms with Crippen LogP contribution in [-0.2, 0) is 10.0 Å². The summed E-state index contributed by atoms with van der Waals surface area (Å²) in [4.78, 5) is 0.365. The molecule has 5 heteroatoms. The van der Waals surface area contributed by atoms with Crippen molar-refractivity contribution < 1.29 is 8.42 Å². The van der Waals surface area contributed by atoms with E-state index in [9.17, 15) is 8.42 Å². The zero-order valence-electron chi connectivity index (χ0n) is 12.5. The summed E-state index contributed by atoms with van der Waals surface area (Å²) in [5.74, 6) is 0. The van der Waals surface area contributed by atoms with Crippen LogP contribution in [0.1, 0.15) is 43.7 Å². The van der Waals surface area contributed by atoms with Crippen molar-refractivity contribution in [3.8, 4) is 0 Å². The Hall–Kier alpha value is -1.07. The van der Waals surface area contributed by atoms with E-state index in [0.717, 1.165) is 31.2 Å². The Bertz CT molecular complexity index is 590. The van der Waals surface area contributed by atoms with Gasteiger partial charge in [0.15, 0.2) is 0 Å². The third-order valence-electron chi connectivity index (χ3n) is 4.17. The van der Waals surface area contributed by atoms with E-state index in [2.05, 4.69) is 0 Å². The molecule has 0 amide bonds. The molecule has 1 aromatic rings. The fraction of sp³-hybridized carbons (Fsp3) is 0.600. The lowest BCUT2D eigenvalue weighted by Crippen LogP contribution is -2.39. The lowest BCUT2D eigenvalue weighted by Gasteiger charge is -2.27. The van der Waals surface area contributed by atoms with E-state index in [1.165, 1.54) is 0 Å². The van der Waals surface area contributed by atoms with E-state index in [1.54, 1.807) is 17.3 Å². The van der Waals surface area contributed by atoms with Crippen LogP contribution in [0.3, 0.4) is 0 Å². The normalized spacial score (nSPS) is 17.0. The molecule has 0 radical (unpaired) electrons. The Morgan fingerprint density at radius 1 is 1.25 bits per heavy atom. The van der Waals surface area contributed by atoms with E-state index in [1.807, 2.05) is 19.9 Å². The molecule has 1 fully saturated rings. The molecule has 1 saturated carbocycles. The minimum absolute atomic E-state index is 0.145. The Labute approximate surface area is 122 Å². The fourth-order valence-corrected chi connectivity index (χ4v) is 5.10. The van der Waals surface area contributed by atoms with Gasteiger partial charge in [0, 0.05) is 18.3 Å². The molecule has 0 unspecified atom stereocenters. The van der Waals surface area contributed by atoms with E-state index in [-0.39, 0.29) is 6.04 Å². The van der Waals surface area contributed by atoms with Crippen LogP contribution in [0.5, 0.6) is 0 Å². The van der Waals surface area contributed by atoms with Crippen LogP contribution in [0.2, 0.25) is 0 Å². The van der Waals surface area contributed by atoms with Gasteiger partial charge < -0.3 is 5.73 Å².